The third-order valence-electron chi connectivity index (χ3n) is 3.94. The molecule has 0 saturated heterocycles. The topological polar surface area (TPSA) is 68.6 Å². The van der Waals surface area contributed by atoms with Crippen LogP contribution in [0.1, 0.15) is 49.4 Å². The number of ether oxygens (including phenoxy) is 3. The average Bonchev–Trinajstić information content (AvgIpc) is 2.70. The number of carbonyl (C=O) groups is 1. The molecule has 2 aromatic rings. The van der Waals surface area contributed by atoms with Crippen LogP contribution in [0.2, 0.25) is 0 Å². The molecular weight excluding hydrogens is 342 g/mol. The van der Waals surface area contributed by atoms with E-state index in [-0.39, 0.29) is 6.61 Å². The van der Waals surface area contributed by atoms with Gasteiger partial charge in [0.2, 0.25) is 0 Å². The van der Waals surface area contributed by atoms with E-state index in [0.29, 0.717) is 23.7 Å². The van der Waals surface area contributed by atoms with Gasteiger partial charge in [0.25, 0.3) is 0 Å². The first-order valence-electron chi connectivity index (χ1n) is 9.27. The zero-order chi connectivity index (χ0) is 19.3. The standard InChI is InChI=1S/C22H25NO4/c1-2-3-4-5-6-16-25-19-9-7-18(8-10-19)22(24)27-21-13-11-20(12-14-21)26-17-15-23/h7-14H,2-6,16-17H2,1H3. The molecule has 0 aliphatic heterocycles. The van der Waals surface area contributed by atoms with Crippen LogP contribution in [-0.4, -0.2) is 19.2 Å². The maximum absolute atomic E-state index is 12.2. The molecule has 2 rings (SSSR count). The van der Waals surface area contributed by atoms with Crippen molar-refractivity contribution in [2.24, 2.45) is 0 Å². The molecule has 0 N–H and O–H groups in total. The first-order valence-corrected chi connectivity index (χ1v) is 9.27. The minimum Gasteiger partial charge on any atom is -0.494 e. The summed E-state index contributed by atoms with van der Waals surface area (Å²) in [5, 5.41) is 8.48. The lowest BCUT2D eigenvalue weighted by atomic mass is 10.2. The fourth-order valence-corrected chi connectivity index (χ4v) is 2.47. The van der Waals surface area contributed by atoms with Crippen molar-refractivity contribution in [3.8, 4) is 23.3 Å². The van der Waals surface area contributed by atoms with Crippen LogP contribution in [0.3, 0.4) is 0 Å². The first kappa shape index (κ1) is 20.3. The minimum absolute atomic E-state index is 0.0215. The van der Waals surface area contributed by atoms with Gasteiger partial charge in [-0.3, -0.25) is 0 Å². The highest BCUT2D eigenvalue weighted by Gasteiger charge is 2.09. The Kier molecular flexibility index (Phi) is 8.72. The maximum atomic E-state index is 12.2. The molecule has 5 nitrogen and oxygen atoms in total. The van der Waals surface area contributed by atoms with E-state index in [1.807, 2.05) is 6.07 Å². The summed E-state index contributed by atoms with van der Waals surface area (Å²) < 4.78 is 16.2. The predicted octanol–water partition coefficient (Wildman–Crippen LogP) is 5.16. The number of benzene rings is 2. The quantitative estimate of drug-likeness (QED) is 0.312. The zero-order valence-electron chi connectivity index (χ0n) is 15.6. The number of hydrogen-bond donors (Lipinski definition) is 0. The molecule has 5 heteroatoms. The largest absolute Gasteiger partial charge is 0.494 e. The van der Waals surface area contributed by atoms with E-state index in [1.165, 1.54) is 25.7 Å². The van der Waals surface area contributed by atoms with Crippen molar-refractivity contribution >= 4 is 5.97 Å². The second-order valence-electron chi connectivity index (χ2n) is 6.09. The highest BCUT2D eigenvalue weighted by atomic mass is 16.5. The second-order valence-corrected chi connectivity index (χ2v) is 6.09. The molecule has 0 aliphatic carbocycles. The Morgan fingerprint density at radius 2 is 1.44 bits per heavy atom. The van der Waals surface area contributed by atoms with Crippen molar-refractivity contribution in [3.63, 3.8) is 0 Å². The lowest BCUT2D eigenvalue weighted by Crippen LogP contribution is -2.08. The lowest BCUT2D eigenvalue weighted by Gasteiger charge is -2.08. The van der Waals surface area contributed by atoms with Crippen molar-refractivity contribution in [1.29, 1.82) is 5.26 Å². The Hall–Kier alpha value is -3.00. The molecule has 0 radical (unpaired) electrons. The second kappa shape index (κ2) is 11.6. The molecule has 0 amide bonds. The number of hydrogen-bond acceptors (Lipinski definition) is 5. The molecule has 0 heterocycles. The fourth-order valence-electron chi connectivity index (χ4n) is 2.47. The van der Waals surface area contributed by atoms with E-state index in [1.54, 1.807) is 48.5 Å². The predicted molar refractivity (Wildman–Crippen MR) is 103 cm³/mol. The lowest BCUT2D eigenvalue weighted by molar-refractivity contribution is 0.0734. The van der Waals surface area contributed by atoms with Gasteiger partial charge < -0.3 is 14.2 Å². The van der Waals surface area contributed by atoms with Crippen molar-refractivity contribution in [1.82, 2.24) is 0 Å². The third kappa shape index (κ3) is 7.41. The van der Waals surface area contributed by atoms with E-state index >= 15 is 0 Å². The fraction of sp³-hybridized carbons (Fsp3) is 0.364. The molecule has 0 bridgehead atoms. The van der Waals surface area contributed by atoms with E-state index in [9.17, 15) is 4.79 Å². The van der Waals surface area contributed by atoms with Crippen LogP contribution in [0, 0.1) is 11.3 Å². The number of nitrogens with zero attached hydrogens (tertiary/aromatic N) is 1. The van der Waals surface area contributed by atoms with Gasteiger partial charge in [-0.05, 0) is 55.0 Å². The molecule has 0 atom stereocenters. The van der Waals surface area contributed by atoms with Gasteiger partial charge in [0.05, 0.1) is 12.2 Å². The van der Waals surface area contributed by atoms with Gasteiger partial charge in [0.1, 0.15) is 23.3 Å². The van der Waals surface area contributed by atoms with Gasteiger partial charge in [-0.25, -0.2) is 4.79 Å². The summed E-state index contributed by atoms with van der Waals surface area (Å²) >= 11 is 0. The van der Waals surface area contributed by atoms with Crippen molar-refractivity contribution in [2.75, 3.05) is 13.2 Å². The highest BCUT2D eigenvalue weighted by Crippen LogP contribution is 2.20. The van der Waals surface area contributed by atoms with Crippen molar-refractivity contribution in [3.05, 3.63) is 54.1 Å². The monoisotopic (exact) mass is 367 g/mol. The molecule has 0 unspecified atom stereocenters. The Bertz CT molecular complexity index is 732. The molecule has 0 fully saturated rings. The van der Waals surface area contributed by atoms with Crippen molar-refractivity contribution in [2.45, 2.75) is 39.0 Å². The van der Waals surface area contributed by atoms with Crippen molar-refractivity contribution < 1.29 is 19.0 Å². The van der Waals surface area contributed by atoms with Gasteiger partial charge in [-0.1, -0.05) is 32.6 Å². The molecule has 2 aromatic carbocycles. The molecule has 0 aliphatic rings. The van der Waals surface area contributed by atoms with Crippen LogP contribution in [0.15, 0.2) is 48.5 Å². The van der Waals surface area contributed by atoms with E-state index < -0.39 is 5.97 Å². The summed E-state index contributed by atoms with van der Waals surface area (Å²) in [6, 6.07) is 15.4. The maximum Gasteiger partial charge on any atom is 0.343 e. The number of rotatable bonds is 11. The van der Waals surface area contributed by atoms with Crippen LogP contribution in [-0.2, 0) is 0 Å². The molecule has 0 aromatic heterocycles. The van der Waals surface area contributed by atoms with E-state index in [4.69, 9.17) is 19.5 Å². The molecule has 142 valence electrons. The zero-order valence-corrected chi connectivity index (χ0v) is 15.6. The molecular formula is C22H25NO4. The summed E-state index contributed by atoms with van der Waals surface area (Å²) in [5.74, 6) is 1.28. The third-order valence-corrected chi connectivity index (χ3v) is 3.94. The van der Waals surface area contributed by atoms with Crippen LogP contribution in [0.4, 0.5) is 0 Å². The van der Waals surface area contributed by atoms with Gasteiger partial charge in [-0.15, -0.1) is 0 Å². The van der Waals surface area contributed by atoms with E-state index in [0.717, 1.165) is 12.2 Å². The number of esters is 1. The smallest absolute Gasteiger partial charge is 0.343 e. The van der Waals surface area contributed by atoms with Gasteiger partial charge >= 0.3 is 5.97 Å². The van der Waals surface area contributed by atoms with Gasteiger partial charge in [-0.2, -0.15) is 5.26 Å². The Morgan fingerprint density at radius 1 is 0.852 bits per heavy atom. The summed E-state index contributed by atoms with van der Waals surface area (Å²) in [6.07, 6.45) is 5.97. The van der Waals surface area contributed by atoms with Crippen LogP contribution >= 0.6 is 0 Å². The number of carbonyl (C=O) groups excluding carboxylic acids is 1. The Morgan fingerprint density at radius 3 is 2.11 bits per heavy atom. The van der Waals surface area contributed by atoms with Gasteiger partial charge in [0, 0.05) is 0 Å². The average molecular weight is 367 g/mol. The highest BCUT2D eigenvalue weighted by molar-refractivity contribution is 5.91. The van der Waals surface area contributed by atoms with Crippen LogP contribution in [0.25, 0.3) is 0 Å². The van der Waals surface area contributed by atoms with E-state index in [2.05, 4.69) is 6.92 Å². The Balaban J connectivity index is 1.78. The number of unbranched alkanes of at least 4 members (excludes halogenated alkanes) is 4. The summed E-state index contributed by atoms with van der Waals surface area (Å²) in [7, 11) is 0. The SMILES string of the molecule is CCCCCCCOc1ccc(C(=O)Oc2ccc(OCC#N)cc2)cc1. The number of nitriles is 1. The normalized spacial score (nSPS) is 10.1. The van der Waals surface area contributed by atoms with Crippen LogP contribution < -0.4 is 14.2 Å². The molecule has 27 heavy (non-hydrogen) atoms. The summed E-state index contributed by atoms with van der Waals surface area (Å²) in [5.41, 5.74) is 0.454. The minimum atomic E-state index is -0.438. The first-order chi connectivity index (χ1) is 13.2. The molecule has 0 saturated carbocycles. The molecule has 0 spiro atoms. The Labute approximate surface area is 160 Å². The van der Waals surface area contributed by atoms with Crippen LogP contribution in [0.5, 0.6) is 17.2 Å². The van der Waals surface area contributed by atoms with Gasteiger partial charge in [0.15, 0.2) is 6.61 Å². The summed E-state index contributed by atoms with van der Waals surface area (Å²) in [6.45, 7) is 2.86. The summed E-state index contributed by atoms with van der Waals surface area (Å²) in [4.78, 5) is 12.2.